The molecule has 0 spiro atoms. The first-order chi connectivity index (χ1) is 25.0. The van der Waals surface area contributed by atoms with Crippen LogP contribution >= 0.6 is 0 Å². The Labute approximate surface area is 292 Å². The third kappa shape index (κ3) is 10.5. The molecule has 4 aromatic rings. The molecular weight excluding hydrogens is 738 g/mol. The Morgan fingerprint density at radius 2 is 0.962 bits per heavy atom. The molecule has 2 atom stereocenters. The van der Waals surface area contributed by atoms with Crippen LogP contribution in [0.3, 0.4) is 0 Å². The highest BCUT2D eigenvalue weighted by atomic mass is 19.2. The van der Waals surface area contributed by atoms with E-state index in [1.54, 1.807) is 30.3 Å². The molecule has 0 saturated heterocycles. The van der Waals surface area contributed by atoms with Crippen molar-refractivity contribution in [1.29, 1.82) is 0 Å². The summed E-state index contributed by atoms with van der Waals surface area (Å²) < 4.78 is 139. The summed E-state index contributed by atoms with van der Waals surface area (Å²) in [6, 6.07) is 15.8. The number of benzene rings is 4. The molecule has 0 saturated carbocycles. The molecule has 3 N–H and O–H groups in total. The molecule has 0 unspecified atom stereocenters. The van der Waals surface area contributed by atoms with E-state index in [1.165, 1.54) is 6.92 Å². The fourth-order valence-corrected chi connectivity index (χ4v) is 4.04. The van der Waals surface area contributed by atoms with Gasteiger partial charge in [0.15, 0.2) is 24.7 Å². The normalized spacial score (nSPS) is 11.8. The van der Waals surface area contributed by atoms with Crippen molar-refractivity contribution < 1.29 is 77.7 Å². The summed E-state index contributed by atoms with van der Waals surface area (Å²) in [4.78, 5) is 47.2. The number of ether oxygens (including phenoxy) is 2. The van der Waals surface area contributed by atoms with Gasteiger partial charge in [-0.15, -0.1) is 0 Å². The van der Waals surface area contributed by atoms with Gasteiger partial charge in [0, 0.05) is 12.0 Å². The Hall–Kier alpha value is -6.14. The standard InChI is InChI=1S/C19H20N2O4.C15H4F10O3/c1-13(19(24)25)20-18(23)16(12-14-8-4-2-5-9-14)21-17(22)15-10-6-3-7-11-15;16-4-6(18)10(22)14(11(23)7(4)19)27-1-3(26)2-28-15-12(24)8(20)5(17)9(21)13(15)25/h2-11,13,16H,12H2,1H3,(H,20,23)(H,21,22)(H,24,25);1-2H2/t13-,16-;/m0./s1. The maximum absolute atomic E-state index is 13.3. The van der Waals surface area contributed by atoms with Gasteiger partial charge >= 0.3 is 5.97 Å². The highest BCUT2D eigenvalue weighted by Gasteiger charge is 2.30. The third-order valence-corrected chi connectivity index (χ3v) is 6.76. The number of aliphatic carboxylic acids is 1. The number of amides is 2. The highest BCUT2D eigenvalue weighted by molar-refractivity contribution is 5.98. The van der Waals surface area contributed by atoms with Crippen molar-refractivity contribution in [1.82, 2.24) is 10.6 Å². The Bertz CT molecular complexity index is 1850. The average Bonchev–Trinajstić information content (AvgIpc) is 3.15. The predicted molar refractivity (Wildman–Crippen MR) is 162 cm³/mol. The van der Waals surface area contributed by atoms with Gasteiger partial charge in [-0.1, -0.05) is 48.5 Å². The molecule has 0 fully saturated rings. The van der Waals surface area contributed by atoms with Gasteiger partial charge in [-0.05, 0) is 24.6 Å². The number of ketones is 1. The minimum Gasteiger partial charge on any atom is -0.480 e. The summed E-state index contributed by atoms with van der Waals surface area (Å²) in [6.45, 7) is -1.47. The molecular formula is C34H24F10N2O7. The number of carbonyl (C=O) groups is 4. The van der Waals surface area contributed by atoms with Gasteiger partial charge in [0.2, 0.25) is 69.9 Å². The zero-order valence-corrected chi connectivity index (χ0v) is 26.7. The van der Waals surface area contributed by atoms with E-state index >= 15 is 0 Å². The van der Waals surface area contributed by atoms with E-state index in [-0.39, 0.29) is 12.3 Å². The van der Waals surface area contributed by atoms with Gasteiger partial charge in [0.25, 0.3) is 5.91 Å². The number of carboxylic acid groups (broad SMARTS) is 1. The van der Waals surface area contributed by atoms with Gasteiger partial charge in [0.05, 0.1) is 0 Å². The van der Waals surface area contributed by atoms with Crippen molar-refractivity contribution in [2.24, 2.45) is 0 Å². The third-order valence-electron chi connectivity index (χ3n) is 6.76. The quantitative estimate of drug-likeness (QED) is 0.0903. The van der Waals surface area contributed by atoms with Crippen LogP contribution in [0.15, 0.2) is 60.7 Å². The van der Waals surface area contributed by atoms with Crippen LogP contribution in [-0.4, -0.2) is 54.0 Å². The van der Waals surface area contributed by atoms with Gasteiger partial charge in [-0.2, -0.15) is 17.6 Å². The number of hydrogen-bond donors (Lipinski definition) is 3. The van der Waals surface area contributed by atoms with Gasteiger partial charge in [-0.3, -0.25) is 19.2 Å². The molecule has 0 heterocycles. The van der Waals surface area contributed by atoms with E-state index in [0.29, 0.717) is 5.56 Å². The molecule has 0 aromatic heterocycles. The minimum atomic E-state index is -2.48. The number of nitrogens with one attached hydrogen (secondary N) is 2. The van der Waals surface area contributed by atoms with Crippen LogP contribution in [0.4, 0.5) is 43.9 Å². The van der Waals surface area contributed by atoms with Crippen molar-refractivity contribution in [3.05, 3.63) is 130 Å². The van der Waals surface area contributed by atoms with Crippen molar-refractivity contribution in [3.63, 3.8) is 0 Å². The molecule has 282 valence electrons. The molecule has 4 aromatic carbocycles. The van der Waals surface area contributed by atoms with Gasteiger partial charge in [-0.25, -0.2) is 26.3 Å². The van der Waals surface area contributed by atoms with E-state index in [4.69, 9.17) is 5.11 Å². The Morgan fingerprint density at radius 3 is 1.36 bits per heavy atom. The molecule has 19 heteroatoms. The lowest BCUT2D eigenvalue weighted by molar-refractivity contribution is -0.141. The summed E-state index contributed by atoms with van der Waals surface area (Å²) in [5.74, 6) is -31.1. The zero-order chi connectivity index (χ0) is 39.6. The number of carboxylic acids is 1. The molecule has 0 aliphatic rings. The van der Waals surface area contributed by atoms with Crippen LogP contribution in [0.2, 0.25) is 0 Å². The highest BCUT2D eigenvalue weighted by Crippen LogP contribution is 2.30. The summed E-state index contributed by atoms with van der Waals surface area (Å²) in [5.41, 5.74) is 1.29. The van der Waals surface area contributed by atoms with Crippen LogP contribution in [0.1, 0.15) is 22.8 Å². The SMILES string of the molecule is C[C@H](NC(=O)[C@H](Cc1ccccc1)NC(=O)c1ccccc1)C(=O)O.O=C(COc1c(F)c(F)c(F)c(F)c1F)COc1c(F)c(F)c(F)c(F)c1F. The Balaban J connectivity index is 0.000000287. The van der Waals surface area contributed by atoms with E-state index in [1.807, 2.05) is 30.3 Å². The molecule has 53 heavy (non-hydrogen) atoms. The van der Waals surface area contributed by atoms with Crippen molar-refractivity contribution >= 4 is 23.6 Å². The summed E-state index contributed by atoms with van der Waals surface area (Å²) in [7, 11) is 0. The second-order valence-corrected chi connectivity index (χ2v) is 10.6. The number of halogens is 10. The van der Waals surface area contributed by atoms with Gasteiger partial charge in [0.1, 0.15) is 12.1 Å². The minimum absolute atomic E-state index is 0.261. The summed E-state index contributed by atoms with van der Waals surface area (Å²) in [5, 5.41) is 14.0. The molecule has 0 radical (unpaired) electrons. The summed E-state index contributed by atoms with van der Waals surface area (Å²) >= 11 is 0. The maximum atomic E-state index is 13.3. The fraction of sp³-hybridized carbons (Fsp3) is 0.176. The topological polar surface area (TPSA) is 131 Å². The van der Waals surface area contributed by atoms with Crippen molar-refractivity contribution in [2.75, 3.05) is 13.2 Å². The molecule has 4 rings (SSSR count). The van der Waals surface area contributed by atoms with Crippen molar-refractivity contribution in [2.45, 2.75) is 25.4 Å². The molecule has 0 aliphatic carbocycles. The Morgan fingerprint density at radius 1 is 0.585 bits per heavy atom. The second kappa shape index (κ2) is 18.4. The van der Waals surface area contributed by atoms with E-state index in [9.17, 15) is 63.1 Å². The maximum Gasteiger partial charge on any atom is 0.325 e. The zero-order valence-electron chi connectivity index (χ0n) is 26.7. The van der Waals surface area contributed by atoms with Crippen LogP contribution < -0.4 is 20.1 Å². The Kier molecular flexibility index (Phi) is 14.3. The lowest BCUT2D eigenvalue weighted by Gasteiger charge is -2.20. The fourth-order valence-electron chi connectivity index (χ4n) is 4.04. The number of Topliss-reactive ketones (excluding diaryl/α,β-unsaturated/α-hetero) is 1. The average molecular weight is 763 g/mol. The van der Waals surface area contributed by atoms with E-state index in [0.717, 1.165) is 5.56 Å². The first-order valence-corrected chi connectivity index (χ1v) is 14.7. The van der Waals surface area contributed by atoms with E-state index in [2.05, 4.69) is 20.1 Å². The van der Waals surface area contributed by atoms with Gasteiger partial charge < -0.3 is 25.2 Å². The summed E-state index contributed by atoms with van der Waals surface area (Å²) in [6.07, 6.45) is 0.261. The second-order valence-electron chi connectivity index (χ2n) is 10.6. The van der Waals surface area contributed by atoms with Crippen LogP contribution in [0.5, 0.6) is 11.5 Å². The lowest BCUT2D eigenvalue weighted by atomic mass is 10.0. The van der Waals surface area contributed by atoms with Crippen LogP contribution in [0, 0.1) is 58.2 Å². The number of carbonyl (C=O) groups excluding carboxylic acids is 3. The first kappa shape index (κ1) is 41.3. The molecule has 9 nitrogen and oxygen atoms in total. The smallest absolute Gasteiger partial charge is 0.325 e. The van der Waals surface area contributed by atoms with Crippen LogP contribution in [-0.2, 0) is 20.8 Å². The lowest BCUT2D eigenvalue weighted by Crippen LogP contribution is -2.51. The molecule has 2 amide bonds. The molecule has 0 aliphatic heterocycles. The number of rotatable bonds is 13. The largest absolute Gasteiger partial charge is 0.480 e. The van der Waals surface area contributed by atoms with E-state index < -0.39 is 113 Å². The monoisotopic (exact) mass is 762 g/mol. The molecule has 0 bridgehead atoms. The first-order valence-electron chi connectivity index (χ1n) is 14.7. The number of hydrogen-bond acceptors (Lipinski definition) is 6. The van der Waals surface area contributed by atoms with Crippen LogP contribution in [0.25, 0.3) is 0 Å². The predicted octanol–water partition coefficient (Wildman–Crippen LogP) is 5.72. The van der Waals surface area contributed by atoms with Crippen molar-refractivity contribution in [3.8, 4) is 11.5 Å².